The summed E-state index contributed by atoms with van der Waals surface area (Å²) < 4.78 is 4.35. The van der Waals surface area contributed by atoms with E-state index >= 15 is 0 Å². The van der Waals surface area contributed by atoms with E-state index < -0.39 is 0 Å². The Labute approximate surface area is 130 Å². The van der Waals surface area contributed by atoms with E-state index in [1.807, 2.05) is 18.2 Å². The molecule has 112 valence electrons. The molecule has 1 saturated carbocycles. The molecule has 0 saturated heterocycles. The predicted octanol–water partition coefficient (Wildman–Crippen LogP) is 4.77. The van der Waals surface area contributed by atoms with Gasteiger partial charge in [-0.3, -0.25) is 0 Å². The van der Waals surface area contributed by atoms with E-state index in [1.165, 1.54) is 37.2 Å². The smallest absolute Gasteiger partial charge is 0.147 e. The van der Waals surface area contributed by atoms with E-state index in [2.05, 4.69) is 35.7 Å². The Hall–Kier alpha value is -1.55. The van der Waals surface area contributed by atoms with Crippen molar-refractivity contribution in [2.24, 2.45) is 5.41 Å². The van der Waals surface area contributed by atoms with Crippen molar-refractivity contribution in [1.82, 2.24) is 4.37 Å². The van der Waals surface area contributed by atoms with Gasteiger partial charge in [0, 0.05) is 6.04 Å². The van der Waals surface area contributed by atoms with Crippen LogP contribution < -0.4 is 11.1 Å². The third-order valence-corrected chi connectivity index (χ3v) is 5.11. The summed E-state index contributed by atoms with van der Waals surface area (Å²) in [5, 5.41) is 4.81. The van der Waals surface area contributed by atoms with Crippen molar-refractivity contribution in [3.63, 3.8) is 0 Å². The molecule has 4 heteroatoms. The summed E-state index contributed by atoms with van der Waals surface area (Å²) >= 11 is 1.48. The quantitative estimate of drug-likeness (QED) is 0.858. The summed E-state index contributed by atoms with van der Waals surface area (Å²) in [6.07, 6.45) is 5.05. The van der Waals surface area contributed by atoms with Crippen LogP contribution in [0.4, 0.5) is 10.8 Å². The molecule has 1 aromatic heterocycles. The van der Waals surface area contributed by atoms with Gasteiger partial charge >= 0.3 is 0 Å². The van der Waals surface area contributed by atoms with Gasteiger partial charge in [0.2, 0.25) is 0 Å². The summed E-state index contributed by atoms with van der Waals surface area (Å²) in [5.74, 6) is 0.628. The largest absolute Gasteiger partial charge is 0.382 e. The lowest BCUT2D eigenvalue weighted by molar-refractivity contribution is 0.230. The van der Waals surface area contributed by atoms with Gasteiger partial charge in [-0.2, -0.15) is 4.37 Å². The fraction of sp³-hybridized carbons (Fsp3) is 0.471. The maximum Gasteiger partial charge on any atom is 0.147 e. The Morgan fingerprint density at radius 3 is 2.76 bits per heavy atom. The van der Waals surface area contributed by atoms with Gasteiger partial charge in [-0.1, -0.05) is 50.6 Å². The number of rotatable bonds is 3. The van der Waals surface area contributed by atoms with E-state index in [0.717, 1.165) is 16.1 Å². The first-order valence-electron chi connectivity index (χ1n) is 7.62. The van der Waals surface area contributed by atoms with Gasteiger partial charge in [0.15, 0.2) is 0 Å². The van der Waals surface area contributed by atoms with E-state index in [1.54, 1.807) is 0 Å². The summed E-state index contributed by atoms with van der Waals surface area (Å²) in [5.41, 5.74) is 8.72. The maximum atomic E-state index is 6.09. The molecule has 2 aromatic rings. The highest BCUT2D eigenvalue weighted by Gasteiger charge is 2.29. The molecule has 1 atom stereocenters. The van der Waals surface area contributed by atoms with Crippen molar-refractivity contribution in [2.75, 3.05) is 11.1 Å². The van der Waals surface area contributed by atoms with Gasteiger partial charge in [-0.05, 0) is 41.8 Å². The van der Waals surface area contributed by atoms with Crippen LogP contribution in [0.2, 0.25) is 0 Å². The number of aromatic nitrogens is 1. The summed E-state index contributed by atoms with van der Waals surface area (Å²) in [6, 6.07) is 10.8. The van der Waals surface area contributed by atoms with E-state index in [0.29, 0.717) is 17.3 Å². The number of hydrogen-bond donors (Lipinski definition) is 2. The van der Waals surface area contributed by atoms with Crippen LogP contribution in [0.3, 0.4) is 0 Å². The number of nitrogens with zero attached hydrogens (tertiary/aromatic N) is 1. The lowest BCUT2D eigenvalue weighted by atomic mass is 9.75. The van der Waals surface area contributed by atoms with Crippen LogP contribution in [0, 0.1) is 5.41 Å². The van der Waals surface area contributed by atoms with Gasteiger partial charge in [0.25, 0.3) is 0 Å². The van der Waals surface area contributed by atoms with Crippen LogP contribution in [-0.2, 0) is 0 Å². The van der Waals surface area contributed by atoms with E-state index in [-0.39, 0.29) is 0 Å². The highest BCUT2D eigenvalue weighted by Crippen LogP contribution is 2.41. The Bertz CT molecular complexity index is 604. The van der Waals surface area contributed by atoms with Crippen molar-refractivity contribution >= 4 is 22.4 Å². The second-order valence-corrected chi connectivity index (χ2v) is 7.51. The van der Waals surface area contributed by atoms with Crippen molar-refractivity contribution < 1.29 is 0 Å². The van der Waals surface area contributed by atoms with Crippen molar-refractivity contribution in [2.45, 2.75) is 45.6 Å². The number of hydrogen-bond acceptors (Lipinski definition) is 4. The molecular weight excluding hydrogens is 278 g/mol. The monoisotopic (exact) mass is 301 g/mol. The summed E-state index contributed by atoms with van der Waals surface area (Å²) in [6.45, 7) is 4.72. The summed E-state index contributed by atoms with van der Waals surface area (Å²) in [7, 11) is 0. The highest BCUT2D eigenvalue weighted by atomic mass is 32.1. The van der Waals surface area contributed by atoms with E-state index in [9.17, 15) is 0 Å². The van der Waals surface area contributed by atoms with Crippen LogP contribution in [-0.4, -0.2) is 10.4 Å². The Morgan fingerprint density at radius 1 is 1.29 bits per heavy atom. The molecule has 3 nitrogen and oxygen atoms in total. The molecule has 1 aliphatic carbocycles. The maximum absolute atomic E-state index is 6.09. The molecule has 1 aromatic carbocycles. The molecule has 3 N–H and O–H groups in total. The number of nitrogens with one attached hydrogen (secondary N) is 1. The minimum absolute atomic E-state index is 0.430. The number of benzene rings is 1. The normalized spacial score (nSPS) is 21.1. The molecule has 21 heavy (non-hydrogen) atoms. The van der Waals surface area contributed by atoms with Crippen LogP contribution in [0.15, 0.2) is 30.3 Å². The van der Waals surface area contributed by atoms with Crippen molar-refractivity contribution in [1.29, 1.82) is 0 Å². The fourth-order valence-corrected chi connectivity index (χ4v) is 4.11. The molecule has 1 unspecified atom stereocenters. The summed E-state index contributed by atoms with van der Waals surface area (Å²) in [4.78, 5) is 0. The molecule has 0 radical (unpaired) electrons. The predicted molar refractivity (Wildman–Crippen MR) is 91.6 cm³/mol. The molecule has 1 aliphatic rings. The number of nitrogen functional groups attached to an aromatic ring is 1. The van der Waals surface area contributed by atoms with E-state index in [4.69, 9.17) is 5.73 Å². The molecule has 3 rings (SSSR count). The third kappa shape index (κ3) is 3.21. The first-order chi connectivity index (χ1) is 10.1. The Balaban J connectivity index is 1.84. The second kappa shape index (κ2) is 5.68. The molecule has 1 heterocycles. The van der Waals surface area contributed by atoms with Gasteiger partial charge in [0.05, 0.1) is 5.56 Å². The lowest BCUT2D eigenvalue weighted by Crippen LogP contribution is -2.31. The van der Waals surface area contributed by atoms with Crippen LogP contribution >= 0.6 is 11.5 Å². The van der Waals surface area contributed by atoms with Crippen LogP contribution in [0.5, 0.6) is 0 Å². The zero-order valence-corrected chi connectivity index (χ0v) is 13.5. The standard InChI is InChI=1S/C17H23N3S/c1-17(2)10-6-9-13(11-17)19-16-14(15(18)20-21-16)12-7-4-3-5-8-12/h3-5,7-8,13,19H,6,9-11H2,1-2H3,(H2,18,20). The Kier molecular flexibility index (Phi) is 3.89. The molecule has 0 amide bonds. The minimum Gasteiger partial charge on any atom is -0.382 e. The molecule has 0 spiro atoms. The highest BCUT2D eigenvalue weighted by molar-refractivity contribution is 7.11. The second-order valence-electron chi connectivity index (χ2n) is 6.74. The SMILES string of the molecule is CC1(C)CCCC(Nc2snc(N)c2-c2ccccc2)C1. The zero-order valence-electron chi connectivity index (χ0n) is 12.7. The zero-order chi connectivity index (χ0) is 14.9. The first kappa shape index (κ1) is 14.4. The minimum atomic E-state index is 0.430. The molecule has 1 fully saturated rings. The van der Waals surface area contributed by atoms with Crippen LogP contribution in [0.1, 0.15) is 39.5 Å². The van der Waals surface area contributed by atoms with Crippen molar-refractivity contribution in [3.05, 3.63) is 30.3 Å². The Morgan fingerprint density at radius 2 is 2.05 bits per heavy atom. The first-order valence-corrected chi connectivity index (χ1v) is 8.40. The van der Waals surface area contributed by atoms with Crippen molar-refractivity contribution in [3.8, 4) is 11.1 Å². The number of nitrogens with two attached hydrogens (primary N) is 1. The average molecular weight is 301 g/mol. The third-order valence-electron chi connectivity index (χ3n) is 4.32. The van der Waals surface area contributed by atoms with Gasteiger partial charge in [-0.15, -0.1) is 0 Å². The average Bonchev–Trinajstić information content (AvgIpc) is 2.79. The van der Waals surface area contributed by atoms with Crippen LogP contribution in [0.25, 0.3) is 11.1 Å². The molecule has 0 aliphatic heterocycles. The topological polar surface area (TPSA) is 50.9 Å². The lowest BCUT2D eigenvalue weighted by Gasteiger charge is -2.35. The van der Waals surface area contributed by atoms with Gasteiger partial charge < -0.3 is 11.1 Å². The fourth-order valence-electron chi connectivity index (χ4n) is 3.29. The van der Waals surface area contributed by atoms with Gasteiger partial charge in [0.1, 0.15) is 10.8 Å². The number of anilines is 2. The molecular formula is C17H23N3S. The molecule has 0 bridgehead atoms. The van der Waals surface area contributed by atoms with Gasteiger partial charge in [-0.25, -0.2) is 0 Å².